The van der Waals surface area contributed by atoms with E-state index in [-0.39, 0.29) is 11.9 Å². The van der Waals surface area contributed by atoms with Crippen molar-refractivity contribution in [2.45, 2.75) is 25.3 Å². The van der Waals surface area contributed by atoms with Crippen LogP contribution in [0, 0.1) is 0 Å². The molecular weight excluding hydrogens is 305 g/mol. The van der Waals surface area contributed by atoms with Gasteiger partial charge in [-0.3, -0.25) is 4.79 Å². The van der Waals surface area contributed by atoms with Gasteiger partial charge < -0.3 is 5.32 Å². The van der Waals surface area contributed by atoms with Gasteiger partial charge in [0, 0.05) is 22.5 Å². The summed E-state index contributed by atoms with van der Waals surface area (Å²) in [4.78, 5) is 12.1. The van der Waals surface area contributed by atoms with Gasteiger partial charge in [-0.15, -0.1) is 11.6 Å². The molecule has 1 atom stereocenters. The summed E-state index contributed by atoms with van der Waals surface area (Å²) in [7, 11) is 0. The van der Waals surface area contributed by atoms with Crippen molar-refractivity contribution in [1.82, 2.24) is 5.32 Å². The Balaban J connectivity index is 1.93. The monoisotopic (exact) mass is 321 g/mol. The molecule has 2 aromatic carbocycles. The molecule has 0 heterocycles. The molecule has 0 aliphatic heterocycles. The summed E-state index contributed by atoms with van der Waals surface area (Å²) in [6.07, 6.45) is 0.767. The fourth-order valence-electron chi connectivity index (χ4n) is 2.08. The second-order valence-corrected chi connectivity index (χ2v) is 5.74. The summed E-state index contributed by atoms with van der Waals surface area (Å²) in [6.45, 7) is 1.99. The first-order valence-electron chi connectivity index (χ1n) is 6.78. The Hall–Kier alpha value is -1.51. The van der Waals surface area contributed by atoms with Crippen LogP contribution < -0.4 is 5.32 Å². The SMILES string of the molecule is CC(Cc1ccc(Cl)cc1)NC(=O)c1ccc(CCl)cc1. The van der Waals surface area contributed by atoms with E-state index in [4.69, 9.17) is 23.2 Å². The van der Waals surface area contributed by atoms with E-state index in [9.17, 15) is 4.79 Å². The smallest absolute Gasteiger partial charge is 0.251 e. The van der Waals surface area contributed by atoms with Crippen LogP contribution in [-0.2, 0) is 12.3 Å². The number of rotatable bonds is 5. The zero-order valence-corrected chi connectivity index (χ0v) is 13.3. The van der Waals surface area contributed by atoms with E-state index >= 15 is 0 Å². The number of amides is 1. The Labute approximate surface area is 135 Å². The van der Waals surface area contributed by atoms with Gasteiger partial charge in [0.2, 0.25) is 0 Å². The zero-order valence-electron chi connectivity index (χ0n) is 11.8. The molecule has 110 valence electrons. The van der Waals surface area contributed by atoms with Gasteiger partial charge in [0.15, 0.2) is 0 Å². The van der Waals surface area contributed by atoms with Crippen LogP contribution in [0.25, 0.3) is 0 Å². The fourth-order valence-corrected chi connectivity index (χ4v) is 2.38. The summed E-state index contributed by atoms with van der Waals surface area (Å²) >= 11 is 11.6. The molecule has 1 unspecified atom stereocenters. The standard InChI is InChI=1S/C17H17Cl2NO/c1-12(10-13-4-8-16(19)9-5-13)20-17(21)15-6-2-14(11-18)3-7-15/h2-9,12H,10-11H2,1H3,(H,20,21). The predicted molar refractivity (Wildman–Crippen MR) is 88.1 cm³/mol. The van der Waals surface area contributed by atoms with Crippen molar-refractivity contribution >= 4 is 29.1 Å². The largest absolute Gasteiger partial charge is 0.349 e. The highest BCUT2D eigenvalue weighted by Crippen LogP contribution is 2.12. The van der Waals surface area contributed by atoms with Gasteiger partial charge in [0.05, 0.1) is 0 Å². The second-order valence-electron chi connectivity index (χ2n) is 5.04. The van der Waals surface area contributed by atoms with Crippen molar-refractivity contribution in [2.75, 3.05) is 0 Å². The molecule has 4 heteroatoms. The average Bonchev–Trinajstić information content (AvgIpc) is 2.49. The average molecular weight is 322 g/mol. The van der Waals surface area contributed by atoms with E-state index in [2.05, 4.69) is 5.32 Å². The first-order chi connectivity index (χ1) is 10.1. The number of carbonyl (C=O) groups is 1. The third-order valence-electron chi connectivity index (χ3n) is 3.20. The maximum absolute atomic E-state index is 12.1. The lowest BCUT2D eigenvalue weighted by Gasteiger charge is -2.14. The highest BCUT2D eigenvalue weighted by atomic mass is 35.5. The molecule has 2 rings (SSSR count). The minimum atomic E-state index is -0.0717. The molecule has 0 spiro atoms. The third kappa shape index (κ3) is 4.76. The topological polar surface area (TPSA) is 29.1 Å². The number of hydrogen-bond acceptors (Lipinski definition) is 1. The minimum Gasteiger partial charge on any atom is -0.349 e. The Morgan fingerprint density at radius 1 is 1.05 bits per heavy atom. The fraction of sp³-hybridized carbons (Fsp3) is 0.235. The number of carbonyl (C=O) groups excluding carboxylic acids is 1. The maximum atomic E-state index is 12.1. The molecular formula is C17H17Cl2NO. The van der Waals surface area contributed by atoms with Crippen LogP contribution in [-0.4, -0.2) is 11.9 Å². The Morgan fingerprint density at radius 3 is 2.19 bits per heavy atom. The zero-order chi connectivity index (χ0) is 15.2. The first-order valence-corrected chi connectivity index (χ1v) is 7.70. The molecule has 0 aromatic heterocycles. The lowest BCUT2D eigenvalue weighted by Crippen LogP contribution is -2.34. The summed E-state index contributed by atoms with van der Waals surface area (Å²) in [5, 5.41) is 3.71. The van der Waals surface area contributed by atoms with E-state index in [0.29, 0.717) is 11.4 Å². The molecule has 0 radical (unpaired) electrons. The quantitative estimate of drug-likeness (QED) is 0.810. The molecule has 2 aromatic rings. The first kappa shape index (κ1) is 15.9. The van der Waals surface area contributed by atoms with E-state index < -0.39 is 0 Å². The predicted octanol–water partition coefficient (Wildman–Crippen LogP) is 4.44. The minimum absolute atomic E-state index is 0.0476. The lowest BCUT2D eigenvalue weighted by atomic mass is 10.1. The molecule has 0 aliphatic rings. The number of halogens is 2. The molecule has 0 saturated heterocycles. The molecule has 0 fully saturated rings. The van der Waals surface area contributed by atoms with Crippen LogP contribution in [0.4, 0.5) is 0 Å². The van der Waals surface area contributed by atoms with Crippen LogP contribution in [0.3, 0.4) is 0 Å². The summed E-state index contributed by atoms with van der Waals surface area (Å²) in [6, 6.07) is 15.0. The molecule has 0 saturated carbocycles. The molecule has 1 N–H and O–H groups in total. The molecule has 2 nitrogen and oxygen atoms in total. The molecule has 1 amide bonds. The van der Waals surface area contributed by atoms with Crippen molar-refractivity contribution in [3.63, 3.8) is 0 Å². The van der Waals surface area contributed by atoms with Crippen molar-refractivity contribution in [2.24, 2.45) is 0 Å². The van der Waals surface area contributed by atoms with E-state index in [0.717, 1.165) is 22.6 Å². The van der Waals surface area contributed by atoms with Crippen LogP contribution >= 0.6 is 23.2 Å². The lowest BCUT2D eigenvalue weighted by molar-refractivity contribution is 0.0940. The highest BCUT2D eigenvalue weighted by Gasteiger charge is 2.10. The Morgan fingerprint density at radius 2 is 1.62 bits per heavy atom. The molecule has 21 heavy (non-hydrogen) atoms. The van der Waals surface area contributed by atoms with Crippen LogP contribution in [0.5, 0.6) is 0 Å². The van der Waals surface area contributed by atoms with Gasteiger partial charge in [-0.05, 0) is 48.7 Å². The van der Waals surface area contributed by atoms with E-state index in [1.54, 1.807) is 12.1 Å². The van der Waals surface area contributed by atoms with Gasteiger partial charge in [-0.1, -0.05) is 35.9 Å². The summed E-state index contributed by atoms with van der Waals surface area (Å²) in [5.41, 5.74) is 2.79. The van der Waals surface area contributed by atoms with Gasteiger partial charge >= 0.3 is 0 Å². The van der Waals surface area contributed by atoms with Crippen molar-refractivity contribution < 1.29 is 4.79 Å². The molecule has 0 bridgehead atoms. The van der Waals surface area contributed by atoms with Gasteiger partial charge in [-0.2, -0.15) is 0 Å². The molecule has 0 aliphatic carbocycles. The number of hydrogen-bond donors (Lipinski definition) is 1. The summed E-state index contributed by atoms with van der Waals surface area (Å²) < 4.78 is 0. The number of benzene rings is 2. The van der Waals surface area contributed by atoms with Crippen molar-refractivity contribution in [3.8, 4) is 0 Å². The Bertz CT molecular complexity index is 593. The van der Waals surface area contributed by atoms with E-state index in [1.165, 1.54) is 0 Å². The third-order valence-corrected chi connectivity index (χ3v) is 3.76. The van der Waals surface area contributed by atoms with Crippen molar-refractivity contribution in [3.05, 3.63) is 70.2 Å². The van der Waals surface area contributed by atoms with Crippen LogP contribution in [0.15, 0.2) is 48.5 Å². The van der Waals surface area contributed by atoms with Gasteiger partial charge in [0.1, 0.15) is 0 Å². The summed E-state index contributed by atoms with van der Waals surface area (Å²) in [5.74, 6) is 0.382. The van der Waals surface area contributed by atoms with Gasteiger partial charge in [0.25, 0.3) is 5.91 Å². The van der Waals surface area contributed by atoms with Crippen LogP contribution in [0.2, 0.25) is 5.02 Å². The van der Waals surface area contributed by atoms with E-state index in [1.807, 2.05) is 43.3 Å². The number of alkyl halides is 1. The normalized spacial score (nSPS) is 12.0. The van der Waals surface area contributed by atoms with Crippen molar-refractivity contribution in [1.29, 1.82) is 0 Å². The Kier molecular flexibility index (Phi) is 5.66. The highest BCUT2D eigenvalue weighted by molar-refractivity contribution is 6.30. The second kappa shape index (κ2) is 7.48. The number of nitrogens with one attached hydrogen (secondary N) is 1. The van der Waals surface area contributed by atoms with Gasteiger partial charge in [-0.25, -0.2) is 0 Å². The maximum Gasteiger partial charge on any atom is 0.251 e. The van der Waals surface area contributed by atoms with Crippen LogP contribution in [0.1, 0.15) is 28.4 Å².